The Morgan fingerprint density at radius 1 is 0.808 bits per heavy atom. The fourth-order valence-electron chi connectivity index (χ4n) is 4.42. The van der Waals surface area contributed by atoms with Gasteiger partial charge in [0.15, 0.2) is 0 Å². The molecule has 1 aliphatic carbocycles. The molecule has 1 heterocycles. The third-order valence-electron chi connectivity index (χ3n) is 5.65. The van der Waals surface area contributed by atoms with E-state index in [4.69, 9.17) is 4.99 Å². The Kier molecular flexibility index (Phi) is 3.63. The zero-order chi connectivity index (χ0) is 17.4. The van der Waals surface area contributed by atoms with Gasteiger partial charge in [-0.15, -0.1) is 0 Å². The Balaban J connectivity index is 1.57. The first-order chi connectivity index (χ1) is 12.8. The van der Waals surface area contributed by atoms with Crippen LogP contribution in [0.2, 0.25) is 0 Å². The summed E-state index contributed by atoms with van der Waals surface area (Å²) in [5.41, 5.74) is 5.34. The number of aliphatic imine (C=N–C) groups is 1. The second-order valence-electron chi connectivity index (χ2n) is 7.33. The summed E-state index contributed by atoms with van der Waals surface area (Å²) in [5, 5.41) is 0. The van der Waals surface area contributed by atoms with E-state index in [1.807, 2.05) is 0 Å². The summed E-state index contributed by atoms with van der Waals surface area (Å²) < 4.78 is 0. The van der Waals surface area contributed by atoms with Crippen molar-refractivity contribution in [1.29, 1.82) is 0 Å². The quantitative estimate of drug-likeness (QED) is 0.670. The second-order valence-corrected chi connectivity index (χ2v) is 7.33. The van der Waals surface area contributed by atoms with E-state index in [1.165, 1.54) is 22.3 Å². The highest BCUT2D eigenvalue weighted by atomic mass is 15.3. The molecule has 0 saturated carbocycles. The molecule has 26 heavy (non-hydrogen) atoms. The van der Waals surface area contributed by atoms with Crippen molar-refractivity contribution in [2.45, 2.75) is 24.9 Å². The number of nitrogens with zero attached hydrogens (tertiary/aromatic N) is 2. The zero-order valence-corrected chi connectivity index (χ0v) is 14.8. The van der Waals surface area contributed by atoms with Gasteiger partial charge < -0.3 is 4.90 Å². The molecule has 0 saturated heterocycles. The summed E-state index contributed by atoms with van der Waals surface area (Å²) in [4.78, 5) is 7.82. The highest BCUT2D eigenvalue weighted by molar-refractivity contribution is 6.00. The van der Waals surface area contributed by atoms with Gasteiger partial charge in [-0.2, -0.15) is 0 Å². The van der Waals surface area contributed by atoms with Crippen LogP contribution in [0.25, 0.3) is 0 Å². The van der Waals surface area contributed by atoms with Gasteiger partial charge >= 0.3 is 0 Å². The van der Waals surface area contributed by atoms with Gasteiger partial charge in [-0.25, -0.2) is 0 Å². The van der Waals surface area contributed by atoms with Crippen LogP contribution in [0.15, 0.2) is 89.9 Å². The van der Waals surface area contributed by atoms with Crippen LogP contribution in [0.4, 0.5) is 0 Å². The van der Waals surface area contributed by atoms with E-state index in [-0.39, 0.29) is 5.54 Å². The Morgan fingerprint density at radius 2 is 1.50 bits per heavy atom. The smallest absolute Gasteiger partial charge is 0.132 e. The lowest BCUT2D eigenvalue weighted by atomic mass is 9.93. The number of hydrogen-bond acceptors (Lipinski definition) is 2. The molecule has 0 amide bonds. The van der Waals surface area contributed by atoms with Crippen LogP contribution in [0.5, 0.6) is 0 Å². The number of rotatable bonds is 3. The first-order valence-electron chi connectivity index (χ1n) is 9.37. The molecule has 2 heteroatoms. The third-order valence-corrected chi connectivity index (χ3v) is 5.65. The molecule has 2 aliphatic rings. The van der Waals surface area contributed by atoms with Crippen molar-refractivity contribution >= 4 is 5.84 Å². The van der Waals surface area contributed by atoms with Gasteiger partial charge in [0.05, 0.1) is 0 Å². The molecule has 3 aromatic rings. The minimum atomic E-state index is -0.0868. The standard InChI is InChI=1S/C24H22N2/c1-3-9-19(10-4-1)17-26-18-24(16-15-20-11-7-8-14-22(20)24)25-23(26)21-12-5-2-6-13-21/h1-14H,15-18H2. The van der Waals surface area contributed by atoms with Gasteiger partial charge in [0, 0.05) is 18.7 Å². The van der Waals surface area contributed by atoms with Crippen LogP contribution in [-0.4, -0.2) is 17.3 Å². The third kappa shape index (κ3) is 2.53. The Morgan fingerprint density at radius 3 is 2.31 bits per heavy atom. The van der Waals surface area contributed by atoms with Gasteiger partial charge in [0.25, 0.3) is 0 Å². The fourth-order valence-corrected chi connectivity index (χ4v) is 4.42. The molecule has 128 valence electrons. The average molecular weight is 338 g/mol. The maximum Gasteiger partial charge on any atom is 0.132 e. The van der Waals surface area contributed by atoms with E-state index in [1.54, 1.807) is 0 Å². The summed E-state index contributed by atoms with van der Waals surface area (Å²) in [5.74, 6) is 1.13. The molecule has 0 radical (unpaired) electrons. The minimum Gasteiger partial charge on any atom is -0.349 e. The van der Waals surface area contributed by atoms with Gasteiger partial charge in [-0.1, -0.05) is 84.9 Å². The summed E-state index contributed by atoms with van der Waals surface area (Å²) in [7, 11) is 0. The van der Waals surface area contributed by atoms with E-state index in [0.29, 0.717) is 0 Å². The van der Waals surface area contributed by atoms with E-state index >= 15 is 0 Å². The van der Waals surface area contributed by atoms with Crippen LogP contribution in [0.1, 0.15) is 28.7 Å². The predicted octanol–water partition coefficient (Wildman–Crippen LogP) is 4.79. The topological polar surface area (TPSA) is 15.6 Å². The van der Waals surface area contributed by atoms with E-state index in [0.717, 1.165) is 31.8 Å². The van der Waals surface area contributed by atoms with E-state index in [2.05, 4.69) is 89.8 Å². The number of aryl methyl sites for hydroxylation is 1. The molecule has 1 atom stereocenters. The zero-order valence-electron chi connectivity index (χ0n) is 14.8. The van der Waals surface area contributed by atoms with Crippen molar-refractivity contribution < 1.29 is 0 Å². The van der Waals surface area contributed by atoms with Crippen molar-refractivity contribution in [2.24, 2.45) is 4.99 Å². The van der Waals surface area contributed by atoms with E-state index in [9.17, 15) is 0 Å². The van der Waals surface area contributed by atoms with Crippen LogP contribution < -0.4 is 0 Å². The number of hydrogen-bond donors (Lipinski definition) is 0. The molecule has 1 unspecified atom stereocenters. The van der Waals surface area contributed by atoms with Crippen LogP contribution in [-0.2, 0) is 18.5 Å². The largest absolute Gasteiger partial charge is 0.349 e. The Bertz CT molecular complexity index is 946. The van der Waals surface area contributed by atoms with Crippen molar-refractivity contribution in [3.8, 4) is 0 Å². The van der Waals surface area contributed by atoms with Crippen molar-refractivity contribution in [2.75, 3.05) is 6.54 Å². The Hall–Kier alpha value is -2.87. The van der Waals surface area contributed by atoms with Gasteiger partial charge in [0.2, 0.25) is 0 Å². The number of fused-ring (bicyclic) bond motifs is 2. The molecule has 5 rings (SSSR count). The van der Waals surface area contributed by atoms with Gasteiger partial charge in [-0.05, 0) is 29.5 Å². The molecule has 0 aromatic heterocycles. The fraction of sp³-hybridized carbons (Fsp3) is 0.208. The SMILES string of the molecule is c1ccc(CN2CC3(CCc4ccccc43)N=C2c2ccccc2)cc1. The van der Waals surface area contributed by atoms with Gasteiger partial charge in [0.1, 0.15) is 11.4 Å². The second kappa shape index (κ2) is 6.14. The van der Waals surface area contributed by atoms with Crippen molar-refractivity contribution in [3.63, 3.8) is 0 Å². The number of benzene rings is 3. The Labute approximate surface area is 154 Å². The van der Waals surface area contributed by atoms with E-state index < -0.39 is 0 Å². The summed E-state index contributed by atoms with van der Waals surface area (Å²) in [6.07, 6.45) is 2.23. The molecule has 1 aliphatic heterocycles. The number of amidine groups is 1. The highest BCUT2D eigenvalue weighted by Gasteiger charge is 2.45. The normalized spacial score (nSPS) is 21.1. The van der Waals surface area contributed by atoms with Crippen LogP contribution in [0, 0.1) is 0 Å². The maximum atomic E-state index is 5.35. The molecule has 0 bridgehead atoms. The average Bonchev–Trinajstić information content (AvgIpc) is 3.25. The summed E-state index contributed by atoms with van der Waals surface area (Å²) in [6.45, 7) is 1.86. The molecule has 0 fully saturated rings. The first kappa shape index (κ1) is 15.4. The lowest BCUT2D eigenvalue weighted by Gasteiger charge is -2.25. The summed E-state index contributed by atoms with van der Waals surface area (Å²) in [6, 6.07) is 30.2. The predicted molar refractivity (Wildman–Crippen MR) is 106 cm³/mol. The van der Waals surface area contributed by atoms with Crippen molar-refractivity contribution in [3.05, 3.63) is 107 Å². The van der Waals surface area contributed by atoms with Crippen LogP contribution in [0.3, 0.4) is 0 Å². The lowest BCUT2D eigenvalue weighted by molar-refractivity contribution is 0.338. The molecule has 0 N–H and O–H groups in total. The monoisotopic (exact) mass is 338 g/mol. The molecule has 1 spiro atoms. The molecular weight excluding hydrogens is 316 g/mol. The maximum absolute atomic E-state index is 5.35. The minimum absolute atomic E-state index is 0.0868. The van der Waals surface area contributed by atoms with Crippen LogP contribution >= 0.6 is 0 Å². The highest BCUT2D eigenvalue weighted by Crippen LogP contribution is 2.44. The lowest BCUT2D eigenvalue weighted by Crippen LogP contribution is -2.33. The molecular formula is C24H22N2. The molecule has 3 aromatic carbocycles. The molecule has 2 nitrogen and oxygen atoms in total. The van der Waals surface area contributed by atoms with Gasteiger partial charge in [-0.3, -0.25) is 4.99 Å². The van der Waals surface area contributed by atoms with Crippen molar-refractivity contribution in [1.82, 2.24) is 4.90 Å². The summed E-state index contributed by atoms with van der Waals surface area (Å²) >= 11 is 0. The first-order valence-corrected chi connectivity index (χ1v) is 9.37.